The van der Waals surface area contributed by atoms with E-state index in [1.165, 1.54) is 11.8 Å². The molecule has 1 aromatic carbocycles. The van der Waals surface area contributed by atoms with E-state index in [1.54, 1.807) is 14.0 Å². The van der Waals surface area contributed by atoms with E-state index in [0.717, 1.165) is 0 Å². The third-order valence-electron chi connectivity index (χ3n) is 2.38. The van der Waals surface area contributed by atoms with Gasteiger partial charge in [-0.15, -0.1) is 6.42 Å². The van der Waals surface area contributed by atoms with Crippen LogP contribution in [0.3, 0.4) is 0 Å². The Balaban J connectivity index is 0. The Bertz CT molecular complexity index is 314. The van der Waals surface area contributed by atoms with Gasteiger partial charge in [-0.25, -0.2) is 0 Å². The van der Waals surface area contributed by atoms with E-state index in [-0.39, 0.29) is 56.9 Å². The largest absolute Gasteiger partial charge is 3.00 e. The summed E-state index contributed by atoms with van der Waals surface area (Å²) in [7, 11) is 1.61. The number of carbonyl (C=O) groups is 2. The molecule has 3 nitrogen and oxygen atoms in total. The minimum absolute atomic E-state index is 0. The fourth-order valence-corrected chi connectivity index (χ4v) is 1.01. The van der Waals surface area contributed by atoms with Crippen molar-refractivity contribution in [3.63, 3.8) is 0 Å². The zero-order valence-electron chi connectivity index (χ0n) is 11.2. The second-order valence-electron chi connectivity index (χ2n) is 3.62. The first-order chi connectivity index (χ1) is 8.00. The summed E-state index contributed by atoms with van der Waals surface area (Å²) >= 11 is 0. The van der Waals surface area contributed by atoms with Crippen molar-refractivity contribution in [2.45, 2.75) is 26.3 Å². The van der Waals surface area contributed by atoms with Crippen LogP contribution < -0.4 is 0 Å². The average Bonchev–Trinajstić information content (AvgIpc) is 2.38. The third-order valence-corrected chi connectivity index (χ3v) is 2.38. The van der Waals surface area contributed by atoms with Crippen LogP contribution in [0.25, 0.3) is 0 Å². The summed E-state index contributed by atoms with van der Waals surface area (Å²) in [6.45, 7) is 6.62. The number of carbonyl (C=O) groups excluding carboxylic acids is 2. The standard InChI is InChI=1S/C8H14NO2.C6H5.Y/c1-5-8(11)9(4)6(2)7(3)10;1-2-4-6-5-3-1;/h6H,1,5H2,2-4H3;1-5H;/q2*-1;+3. The summed E-state index contributed by atoms with van der Waals surface area (Å²) in [5, 5.41) is 0. The van der Waals surface area contributed by atoms with Crippen molar-refractivity contribution in [3.8, 4) is 0 Å². The van der Waals surface area contributed by atoms with Crippen LogP contribution in [0, 0.1) is 13.0 Å². The van der Waals surface area contributed by atoms with Gasteiger partial charge in [-0.05, 0) is 13.8 Å². The van der Waals surface area contributed by atoms with Crippen LogP contribution in [-0.2, 0) is 42.3 Å². The van der Waals surface area contributed by atoms with Gasteiger partial charge in [-0.2, -0.15) is 36.4 Å². The van der Waals surface area contributed by atoms with Crippen LogP contribution in [0.15, 0.2) is 30.3 Å². The molecule has 0 saturated heterocycles. The van der Waals surface area contributed by atoms with Gasteiger partial charge in [0, 0.05) is 7.05 Å². The maximum atomic E-state index is 11.0. The van der Waals surface area contributed by atoms with Gasteiger partial charge in [0.25, 0.3) is 0 Å². The molecule has 0 radical (unpaired) electrons. The minimum Gasteiger partial charge on any atom is -0.338 e. The quantitative estimate of drug-likeness (QED) is 0.800. The molecule has 0 aliphatic heterocycles. The Hall–Kier alpha value is -0.536. The molecule has 0 spiro atoms. The molecule has 1 rings (SSSR count). The van der Waals surface area contributed by atoms with Crippen molar-refractivity contribution in [2.24, 2.45) is 0 Å². The molecule has 4 heteroatoms. The molecule has 0 aromatic heterocycles. The fraction of sp³-hybridized carbons (Fsp3) is 0.357. The molecule has 0 N–H and O–H groups in total. The van der Waals surface area contributed by atoms with E-state index in [1.807, 2.05) is 30.3 Å². The summed E-state index contributed by atoms with van der Waals surface area (Å²) < 4.78 is 0. The van der Waals surface area contributed by atoms with Gasteiger partial charge in [0.1, 0.15) is 0 Å². The van der Waals surface area contributed by atoms with Gasteiger partial charge >= 0.3 is 32.7 Å². The molecule has 0 heterocycles. The first-order valence-corrected chi connectivity index (χ1v) is 5.47. The van der Waals surface area contributed by atoms with Crippen LogP contribution in [0.1, 0.15) is 20.3 Å². The molecular weight excluding hydrogens is 303 g/mol. The van der Waals surface area contributed by atoms with Gasteiger partial charge in [-0.3, -0.25) is 9.59 Å². The number of amides is 1. The zero-order chi connectivity index (χ0) is 13.3. The SMILES string of the molecule is [CH2-]CC(=O)N(C)C(C)C(C)=O.[Y+3].[c-]1ccccc1. The number of hydrogen-bond donors (Lipinski definition) is 0. The first-order valence-electron chi connectivity index (χ1n) is 5.47. The maximum absolute atomic E-state index is 11.0. The Morgan fingerprint density at radius 1 is 1.28 bits per heavy atom. The topological polar surface area (TPSA) is 37.4 Å². The van der Waals surface area contributed by atoms with Crippen LogP contribution >= 0.6 is 0 Å². The van der Waals surface area contributed by atoms with E-state index >= 15 is 0 Å². The Morgan fingerprint density at radius 3 is 2.00 bits per heavy atom. The fourth-order valence-electron chi connectivity index (χ4n) is 1.01. The number of rotatable bonds is 3. The summed E-state index contributed by atoms with van der Waals surface area (Å²) in [6, 6.07) is 12.2. The van der Waals surface area contributed by atoms with Crippen LogP contribution in [0.5, 0.6) is 0 Å². The van der Waals surface area contributed by atoms with E-state index < -0.39 is 0 Å². The zero-order valence-corrected chi connectivity index (χ0v) is 14.1. The predicted molar refractivity (Wildman–Crippen MR) is 68.2 cm³/mol. The van der Waals surface area contributed by atoms with Crippen LogP contribution in [-0.4, -0.2) is 29.7 Å². The molecule has 1 atom stereocenters. The molecule has 0 saturated carbocycles. The van der Waals surface area contributed by atoms with Crippen molar-refractivity contribution >= 4 is 11.7 Å². The molecule has 0 aliphatic rings. The van der Waals surface area contributed by atoms with Crippen molar-refractivity contribution in [3.05, 3.63) is 43.3 Å². The van der Waals surface area contributed by atoms with E-state index in [0.29, 0.717) is 0 Å². The second kappa shape index (κ2) is 11.5. The third kappa shape index (κ3) is 8.54. The molecular formula is C14H19NO2Y+. The Labute approximate surface area is 135 Å². The minimum atomic E-state index is -0.329. The molecule has 18 heavy (non-hydrogen) atoms. The molecule has 0 fully saturated rings. The van der Waals surface area contributed by atoms with Crippen LogP contribution in [0.2, 0.25) is 0 Å². The van der Waals surface area contributed by atoms with E-state index in [4.69, 9.17) is 0 Å². The van der Waals surface area contributed by atoms with Gasteiger partial charge in [0.05, 0.1) is 6.04 Å². The number of nitrogens with zero attached hydrogens (tertiary/aromatic N) is 1. The average molecular weight is 322 g/mol. The maximum Gasteiger partial charge on any atom is 3.00 e. The van der Waals surface area contributed by atoms with Gasteiger partial charge in [0.2, 0.25) is 0 Å². The molecule has 1 amide bonds. The summed E-state index contributed by atoms with van der Waals surface area (Å²) in [5.41, 5.74) is 0. The molecule has 0 aliphatic carbocycles. The second-order valence-corrected chi connectivity index (χ2v) is 3.62. The summed E-state index contributed by atoms with van der Waals surface area (Å²) in [6.07, 6.45) is 0.203. The summed E-state index contributed by atoms with van der Waals surface area (Å²) in [5.74, 6) is -0.109. The normalized spacial score (nSPS) is 10.2. The predicted octanol–water partition coefficient (Wildman–Crippen LogP) is 2.13. The van der Waals surface area contributed by atoms with Crippen molar-refractivity contribution < 1.29 is 42.3 Å². The monoisotopic (exact) mass is 322 g/mol. The first kappa shape index (κ1) is 19.8. The molecule has 1 aromatic rings. The van der Waals surface area contributed by atoms with E-state index in [9.17, 15) is 9.59 Å². The van der Waals surface area contributed by atoms with Gasteiger partial charge in [-0.1, -0.05) is 0 Å². The molecule has 1 unspecified atom stereocenters. The number of hydrogen-bond acceptors (Lipinski definition) is 2. The van der Waals surface area contributed by atoms with E-state index in [2.05, 4.69) is 13.0 Å². The summed E-state index contributed by atoms with van der Waals surface area (Å²) in [4.78, 5) is 23.2. The van der Waals surface area contributed by atoms with Crippen molar-refractivity contribution in [1.29, 1.82) is 0 Å². The molecule has 0 bridgehead atoms. The number of benzene rings is 1. The Kier molecular flexibility index (Phi) is 12.7. The number of Topliss-reactive ketones (excluding diaryl/α,β-unsaturated/α-hetero) is 1. The number of ketones is 1. The van der Waals surface area contributed by atoms with Gasteiger partial charge in [0.15, 0.2) is 11.7 Å². The smallest absolute Gasteiger partial charge is 0.338 e. The molecule has 94 valence electrons. The van der Waals surface area contributed by atoms with Crippen LogP contribution in [0.4, 0.5) is 0 Å². The van der Waals surface area contributed by atoms with Gasteiger partial charge < -0.3 is 11.8 Å². The Morgan fingerprint density at radius 2 is 1.78 bits per heavy atom. The van der Waals surface area contributed by atoms with Crippen molar-refractivity contribution in [1.82, 2.24) is 4.90 Å². The van der Waals surface area contributed by atoms with Crippen molar-refractivity contribution in [2.75, 3.05) is 7.05 Å². The number of likely N-dealkylation sites (N-methyl/N-ethyl adjacent to an activating group) is 1.